The van der Waals surface area contributed by atoms with Crippen LogP contribution in [0.4, 0.5) is 5.82 Å². The first-order chi connectivity index (χ1) is 9.81. The van der Waals surface area contributed by atoms with Crippen molar-refractivity contribution >= 4 is 33.2 Å². The molecule has 1 unspecified atom stereocenters. The lowest BCUT2D eigenvalue weighted by Gasteiger charge is -2.29. The number of rotatable bonds is 1. The van der Waals surface area contributed by atoms with Crippen molar-refractivity contribution in [2.45, 2.75) is 27.0 Å². The summed E-state index contributed by atoms with van der Waals surface area (Å²) in [6.07, 6.45) is 2.40. The molecule has 21 heavy (non-hydrogen) atoms. The molecule has 0 radical (unpaired) electrons. The molecule has 0 bridgehead atoms. The molecule has 1 aromatic heterocycles. The molecule has 0 fully saturated rings. The maximum absolute atomic E-state index is 12.7. The largest absolute Gasteiger partial charge is 0.357 e. The number of halogens is 1. The number of fused-ring (bicyclic) bond motifs is 1. The van der Waals surface area contributed by atoms with Gasteiger partial charge in [-0.05, 0) is 22.0 Å². The number of nitrogens with zero attached hydrogens (tertiary/aromatic N) is 3. The van der Waals surface area contributed by atoms with Crippen LogP contribution >= 0.6 is 15.9 Å². The Bertz CT molecular complexity index is 656. The van der Waals surface area contributed by atoms with Gasteiger partial charge in [0.25, 0.3) is 0 Å². The van der Waals surface area contributed by atoms with Gasteiger partial charge in [0.2, 0.25) is 5.91 Å². The van der Waals surface area contributed by atoms with Crippen molar-refractivity contribution < 1.29 is 9.53 Å². The molecule has 1 aromatic rings. The Balaban J connectivity index is 2.65. The fourth-order valence-corrected chi connectivity index (χ4v) is 2.57. The molecule has 2 heterocycles. The molecule has 2 rings (SSSR count). The van der Waals surface area contributed by atoms with Crippen molar-refractivity contribution in [3.8, 4) is 6.07 Å². The Hall–Kier alpha value is -1.71. The van der Waals surface area contributed by atoms with Gasteiger partial charge in [-0.25, -0.2) is 4.98 Å². The van der Waals surface area contributed by atoms with Gasteiger partial charge in [0, 0.05) is 40.4 Å². The van der Waals surface area contributed by atoms with Gasteiger partial charge in [-0.2, -0.15) is 5.26 Å². The first kappa shape index (κ1) is 15.7. The lowest BCUT2D eigenvalue weighted by Crippen LogP contribution is -2.45. The summed E-state index contributed by atoms with van der Waals surface area (Å²) in [5.74, 6) is 0.415. The lowest BCUT2D eigenvalue weighted by atomic mass is 9.95. The van der Waals surface area contributed by atoms with Crippen LogP contribution in [0.2, 0.25) is 0 Å². The number of methoxy groups -OCH3 is 1. The van der Waals surface area contributed by atoms with Crippen LogP contribution in [0.1, 0.15) is 26.3 Å². The van der Waals surface area contributed by atoms with Gasteiger partial charge in [-0.3, -0.25) is 9.69 Å². The van der Waals surface area contributed by atoms with Gasteiger partial charge >= 0.3 is 0 Å². The third kappa shape index (κ3) is 2.71. The zero-order valence-corrected chi connectivity index (χ0v) is 13.9. The number of hydrogen-bond acceptors (Lipinski definition) is 4. The fourth-order valence-electron chi connectivity index (χ4n) is 2.23. The van der Waals surface area contributed by atoms with E-state index >= 15 is 0 Å². The van der Waals surface area contributed by atoms with Crippen molar-refractivity contribution in [1.29, 1.82) is 5.26 Å². The number of aromatic nitrogens is 1. The molecule has 1 aliphatic rings. The number of hydrogen-bond donors (Lipinski definition) is 0. The van der Waals surface area contributed by atoms with Crippen LogP contribution in [-0.4, -0.2) is 24.2 Å². The van der Waals surface area contributed by atoms with Gasteiger partial charge in [0.15, 0.2) is 6.23 Å². The maximum Gasteiger partial charge on any atom is 0.235 e. The SMILES string of the molecule is COC1/C(=C/C#N)c2cc(Br)cnc2N1C(=O)C(C)(C)C. The van der Waals surface area contributed by atoms with E-state index in [-0.39, 0.29) is 5.91 Å². The van der Waals surface area contributed by atoms with Crippen molar-refractivity contribution in [2.75, 3.05) is 12.0 Å². The maximum atomic E-state index is 12.7. The van der Waals surface area contributed by atoms with E-state index in [1.165, 1.54) is 18.1 Å². The summed E-state index contributed by atoms with van der Waals surface area (Å²) in [5, 5.41) is 9.00. The topological polar surface area (TPSA) is 66.2 Å². The summed E-state index contributed by atoms with van der Waals surface area (Å²) in [6, 6.07) is 3.85. The number of ether oxygens (including phenoxy) is 1. The molecular weight excluding hydrogens is 334 g/mol. The predicted molar refractivity (Wildman–Crippen MR) is 83.3 cm³/mol. The summed E-state index contributed by atoms with van der Waals surface area (Å²) in [7, 11) is 1.51. The standard InChI is InChI=1S/C15H16BrN3O2/c1-15(2,3)14(20)19-12-11(7-9(16)8-18-12)10(5-6-17)13(19)21-4/h5,7-8,13H,1-4H3/b10-5+. The number of carbonyl (C=O) groups excluding carboxylic acids is 1. The number of amides is 1. The summed E-state index contributed by atoms with van der Waals surface area (Å²) in [4.78, 5) is 18.6. The van der Waals surface area contributed by atoms with E-state index < -0.39 is 11.6 Å². The second-order valence-electron chi connectivity index (χ2n) is 5.77. The minimum Gasteiger partial charge on any atom is -0.357 e. The van der Waals surface area contributed by atoms with E-state index in [0.29, 0.717) is 11.4 Å². The highest BCUT2D eigenvalue weighted by molar-refractivity contribution is 9.10. The van der Waals surface area contributed by atoms with Gasteiger partial charge in [0.05, 0.1) is 6.07 Å². The summed E-state index contributed by atoms with van der Waals surface area (Å²) >= 11 is 3.36. The number of carbonyl (C=O) groups is 1. The quantitative estimate of drug-likeness (QED) is 0.730. The molecule has 0 saturated carbocycles. The summed E-state index contributed by atoms with van der Waals surface area (Å²) in [5.41, 5.74) is 0.794. The first-order valence-corrected chi connectivity index (χ1v) is 7.22. The average molecular weight is 350 g/mol. The predicted octanol–water partition coefficient (Wildman–Crippen LogP) is 3.12. The van der Waals surface area contributed by atoms with Crippen LogP contribution in [0.25, 0.3) is 5.57 Å². The summed E-state index contributed by atoms with van der Waals surface area (Å²) < 4.78 is 6.24. The van der Waals surface area contributed by atoms with Gasteiger partial charge < -0.3 is 4.74 Å². The lowest BCUT2D eigenvalue weighted by molar-refractivity contribution is -0.127. The fraction of sp³-hybridized carbons (Fsp3) is 0.400. The Morgan fingerprint density at radius 3 is 2.76 bits per heavy atom. The highest BCUT2D eigenvalue weighted by Gasteiger charge is 2.42. The van der Waals surface area contributed by atoms with Crippen LogP contribution in [-0.2, 0) is 9.53 Å². The molecular formula is C15H16BrN3O2. The van der Waals surface area contributed by atoms with Crippen LogP contribution < -0.4 is 4.90 Å². The van der Waals surface area contributed by atoms with E-state index in [2.05, 4.69) is 20.9 Å². The highest BCUT2D eigenvalue weighted by atomic mass is 79.9. The van der Waals surface area contributed by atoms with Crippen molar-refractivity contribution in [3.63, 3.8) is 0 Å². The van der Waals surface area contributed by atoms with Gasteiger partial charge in [0.1, 0.15) is 5.82 Å². The van der Waals surface area contributed by atoms with Gasteiger partial charge in [-0.1, -0.05) is 20.8 Å². The average Bonchev–Trinajstić information content (AvgIpc) is 2.70. The third-order valence-corrected chi connectivity index (χ3v) is 3.61. The molecule has 5 nitrogen and oxygen atoms in total. The number of nitriles is 1. The molecule has 1 aliphatic heterocycles. The van der Waals surface area contributed by atoms with Crippen LogP contribution in [0.15, 0.2) is 22.8 Å². The third-order valence-electron chi connectivity index (χ3n) is 3.18. The monoisotopic (exact) mass is 349 g/mol. The van der Waals surface area contributed by atoms with E-state index in [1.807, 2.05) is 32.9 Å². The van der Waals surface area contributed by atoms with E-state index in [4.69, 9.17) is 10.00 Å². The Morgan fingerprint density at radius 1 is 1.57 bits per heavy atom. The molecule has 0 spiro atoms. The van der Waals surface area contributed by atoms with Crippen LogP contribution in [0.3, 0.4) is 0 Å². The van der Waals surface area contributed by atoms with E-state index in [9.17, 15) is 4.79 Å². The van der Waals surface area contributed by atoms with E-state index in [1.54, 1.807) is 6.20 Å². The number of pyridine rings is 1. The van der Waals surface area contributed by atoms with E-state index in [0.717, 1.165) is 10.0 Å². The van der Waals surface area contributed by atoms with Crippen LogP contribution in [0.5, 0.6) is 0 Å². The Kier molecular flexibility index (Phi) is 4.17. The van der Waals surface area contributed by atoms with Crippen molar-refractivity contribution in [2.24, 2.45) is 5.41 Å². The Morgan fingerprint density at radius 2 is 2.24 bits per heavy atom. The summed E-state index contributed by atoms with van der Waals surface area (Å²) in [6.45, 7) is 5.52. The number of allylic oxidation sites excluding steroid dienone is 1. The zero-order chi connectivity index (χ0) is 15.8. The normalized spacial score (nSPS) is 19.5. The number of anilines is 1. The smallest absolute Gasteiger partial charge is 0.235 e. The molecule has 0 saturated heterocycles. The minimum atomic E-state index is -0.631. The second kappa shape index (κ2) is 5.58. The van der Waals surface area contributed by atoms with Crippen LogP contribution in [0, 0.1) is 16.7 Å². The molecule has 0 aromatic carbocycles. The Labute approximate surface area is 132 Å². The molecule has 110 valence electrons. The molecule has 0 aliphatic carbocycles. The van der Waals surface area contributed by atoms with Crippen molar-refractivity contribution in [3.05, 3.63) is 28.4 Å². The highest BCUT2D eigenvalue weighted by Crippen LogP contribution is 2.42. The van der Waals surface area contributed by atoms with Gasteiger partial charge in [-0.15, -0.1) is 0 Å². The van der Waals surface area contributed by atoms with Crippen molar-refractivity contribution in [1.82, 2.24) is 4.98 Å². The molecule has 1 amide bonds. The first-order valence-electron chi connectivity index (χ1n) is 6.43. The minimum absolute atomic E-state index is 0.105. The second-order valence-corrected chi connectivity index (χ2v) is 6.68. The molecule has 6 heteroatoms. The molecule has 0 N–H and O–H groups in total. The zero-order valence-electron chi connectivity index (χ0n) is 12.3. The molecule has 1 atom stereocenters.